The van der Waals surface area contributed by atoms with Gasteiger partial charge in [0, 0.05) is 12.3 Å². The number of nitrogens with zero attached hydrogens (tertiary/aromatic N) is 1. The van der Waals surface area contributed by atoms with E-state index in [2.05, 4.69) is 13.8 Å². The van der Waals surface area contributed by atoms with Crippen LogP contribution in [0.1, 0.15) is 19.1 Å². The molecule has 2 heterocycles. The molecule has 1 aliphatic heterocycles. The number of hydrogen-bond acceptors (Lipinski definition) is 7. The van der Waals surface area contributed by atoms with Crippen LogP contribution in [0, 0.1) is 4.77 Å². The van der Waals surface area contributed by atoms with Gasteiger partial charge in [-0.3, -0.25) is 18.9 Å². The second-order valence-corrected chi connectivity index (χ2v) is 7.86. The lowest BCUT2D eigenvalue weighted by molar-refractivity contribution is -0.0234. The summed E-state index contributed by atoms with van der Waals surface area (Å²) in [6.45, 7) is -0.402. The van der Waals surface area contributed by atoms with Crippen molar-refractivity contribution in [3.05, 3.63) is 27.4 Å². The summed E-state index contributed by atoms with van der Waals surface area (Å²) < 4.78 is 37.3. The first-order chi connectivity index (χ1) is 10.6. The number of rotatable bonds is 6. The number of hydrogen-bond donors (Lipinski definition) is 4. The van der Waals surface area contributed by atoms with Gasteiger partial charge in [-0.2, -0.15) is 4.31 Å². The number of phosphoric acid groups is 2. The molecule has 0 saturated carbocycles. The normalized spacial score (nSPS) is 24.5. The Labute approximate surface area is 134 Å². The molecule has 11 nitrogen and oxygen atoms in total. The minimum absolute atomic E-state index is 0.168. The van der Waals surface area contributed by atoms with Gasteiger partial charge in [-0.1, -0.05) is 0 Å². The minimum atomic E-state index is -5.15. The maximum Gasteiger partial charge on any atom is 0.481 e. The first kappa shape index (κ1) is 18.7. The Morgan fingerprint density at radius 3 is 2.70 bits per heavy atom. The highest BCUT2D eigenvalue weighted by Gasteiger charge is 2.35. The number of nitrogens with one attached hydrogen (secondary N) is 1. The highest BCUT2D eigenvalue weighted by atomic mass is 32.1. The summed E-state index contributed by atoms with van der Waals surface area (Å²) >= 11 is 5.00. The first-order valence-corrected chi connectivity index (χ1v) is 9.70. The van der Waals surface area contributed by atoms with Crippen molar-refractivity contribution in [3.8, 4) is 0 Å². The van der Waals surface area contributed by atoms with Gasteiger partial charge in [-0.05, 0) is 25.1 Å². The van der Waals surface area contributed by atoms with Crippen LogP contribution in [0.25, 0.3) is 0 Å². The van der Waals surface area contributed by atoms with Gasteiger partial charge in [0.1, 0.15) is 6.23 Å². The quantitative estimate of drug-likeness (QED) is 0.405. The van der Waals surface area contributed by atoms with Crippen LogP contribution in [0.5, 0.6) is 0 Å². The Hall–Kier alpha value is -0.680. The van der Waals surface area contributed by atoms with E-state index in [0.29, 0.717) is 12.8 Å². The van der Waals surface area contributed by atoms with E-state index in [4.69, 9.17) is 31.6 Å². The number of phosphoric ester groups is 1. The second-order valence-electron chi connectivity index (χ2n) is 4.64. The van der Waals surface area contributed by atoms with E-state index in [1.165, 1.54) is 16.8 Å². The third kappa shape index (κ3) is 5.71. The average molecular weight is 388 g/mol. The van der Waals surface area contributed by atoms with Gasteiger partial charge in [0.25, 0.3) is 5.56 Å². The summed E-state index contributed by atoms with van der Waals surface area (Å²) in [5.74, 6) is 0. The van der Waals surface area contributed by atoms with Crippen LogP contribution in [0.15, 0.2) is 17.1 Å². The van der Waals surface area contributed by atoms with E-state index in [0.717, 1.165) is 0 Å². The smallest absolute Gasteiger partial charge is 0.352 e. The number of aromatic amines is 1. The Morgan fingerprint density at radius 1 is 1.39 bits per heavy atom. The van der Waals surface area contributed by atoms with Crippen molar-refractivity contribution >= 4 is 27.9 Å². The van der Waals surface area contributed by atoms with Crippen LogP contribution >= 0.6 is 27.9 Å². The zero-order valence-electron chi connectivity index (χ0n) is 11.5. The average Bonchev–Trinajstić information content (AvgIpc) is 2.82. The van der Waals surface area contributed by atoms with Crippen LogP contribution in [0.2, 0.25) is 0 Å². The molecule has 23 heavy (non-hydrogen) atoms. The molecular weight excluding hydrogens is 374 g/mol. The van der Waals surface area contributed by atoms with E-state index in [1.807, 2.05) is 0 Å². The highest BCUT2D eigenvalue weighted by molar-refractivity contribution is 7.71. The fourth-order valence-electron chi connectivity index (χ4n) is 2.00. The number of H-pyrrole nitrogens is 1. The van der Waals surface area contributed by atoms with Gasteiger partial charge in [-0.15, -0.1) is 0 Å². The standard InChI is InChI=1S/C9H14N2O9P2S/c12-7-3-4-11(9(23)10-7)8-2-1-6(19-8)5-18-22(16,17)20-21(13,14)15/h3-4,6,8H,1-2,5H2,(H,16,17)(H,10,12,23)(H2,13,14,15)/t6-,8+/m0/s1. The minimum Gasteiger partial charge on any atom is -0.352 e. The number of aromatic nitrogens is 2. The van der Waals surface area contributed by atoms with Gasteiger partial charge < -0.3 is 19.4 Å². The monoisotopic (exact) mass is 388 g/mol. The van der Waals surface area contributed by atoms with Crippen molar-refractivity contribution < 1.29 is 37.4 Å². The molecular formula is C9H14N2O9P2S. The van der Waals surface area contributed by atoms with Crippen molar-refractivity contribution in [2.75, 3.05) is 6.61 Å². The molecule has 1 aliphatic rings. The van der Waals surface area contributed by atoms with Gasteiger partial charge in [-0.25, -0.2) is 9.13 Å². The Bertz CT molecular complexity index is 771. The van der Waals surface area contributed by atoms with Crippen molar-refractivity contribution in [1.82, 2.24) is 9.55 Å². The molecule has 1 fully saturated rings. The molecule has 130 valence electrons. The van der Waals surface area contributed by atoms with Gasteiger partial charge >= 0.3 is 15.6 Å². The molecule has 1 unspecified atom stereocenters. The Morgan fingerprint density at radius 2 is 2.09 bits per heavy atom. The van der Waals surface area contributed by atoms with Crippen LogP contribution < -0.4 is 5.56 Å². The zero-order valence-corrected chi connectivity index (χ0v) is 14.1. The van der Waals surface area contributed by atoms with Crippen molar-refractivity contribution in [3.63, 3.8) is 0 Å². The van der Waals surface area contributed by atoms with Gasteiger partial charge in [0.2, 0.25) is 0 Å². The summed E-state index contributed by atoms with van der Waals surface area (Å²) in [6, 6.07) is 1.28. The third-order valence-electron chi connectivity index (χ3n) is 2.88. The lowest BCUT2D eigenvalue weighted by atomic mass is 10.2. The molecule has 1 aromatic heterocycles. The molecule has 0 spiro atoms. The SMILES string of the molecule is O=c1ccn([C@H]2CC[C@@H](COP(=O)(O)OP(=O)(O)O)O2)c(=S)[nH]1. The Balaban J connectivity index is 1.93. The van der Waals surface area contributed by atoms with E-state index in [1.54, 1.807) is 0 Å². The van der Waals surface area contributed by atoms with Crippen LogP contribution in [0.3, 0.4) is 0 Å². The van der Waals surface area contributed by atoms with E-state index in [9.17, 15) is 13.9 Å². The summed E-state index contributed by atoms with van der Waals surface area (Å²) in [6.07, 6.45) is 1.32. The molecule has 1 saturated heterocycles. The van der Waals surface area contributed by atoms with E-state index >= 15 is 0 Å². The fraction of sp³-hybridized carbons (Fsp3) is 0.556. The molecule has 4 N–H and O–H groups in total. The maximum atomic E-state index is 11.3. The molecule has 0 radical (unpaired) electrons. The lowest BCUT2D eigenvalue weighted by Crippen LogP contribution is -2.19. The molecule has 0 bridgehead atoms. The summed E-state index contributed by atoms with van der Waals surface area (Å²) in [5.41, 5.74) is -0.347. The topological polar surface area (TPSA) is 160 Å². The molecule has 0 amide bonds. The molecule has 0 aliphatic carbocycles. The van der Waals surface area contributed by atoms with Crippen LogP contribution in [-0.2, 0) is 22.7 Å². The number of ether oxygens (including phenoxy) is 1. The zero-order chi connectivity index (χ0) is 17.3. The van der Waals surface area contributed by atoms with Crippen LogP contribution in [-0.4, -0.2) is 36.9 Å². The molecule has 0 aromatic carbocycles. The van der Waals surface area contributed by atoms with Crippen molar-refractivity contribution in [1.29, 1.82) is 0 Å². The van der Waals surface area contributed by atoms with Crippen molar-refractivity contribution in [2.45, 2.75) is 25.2 Å². The predicted molar refractivity (Wildman–Crippen MR) is 77.9 cm³/mol. The molecule has 3 atom stereocenters. The molecule has 2 rings (SSSR count). The van der Waals surface area contributed by atoms with Crippen molar-refractivity contribution in [2.24, 2.45) is 0 Å². The first-order valence-electron chi connectivity index (χ1n) is 6.27. The lowest BCUT2D eigenvalue weighted by Gasteiger charge is -2.18. The summed E-state index contributed by atoms with van der Waals surface area (Å²) in [7, 11) is -10.0. The Kier molecular flexibility index (Phi) is 5.72. The van der Waals surface area contributed by atoms with Gasteiger partial charge in [0.15, 0.2) is 4.77 Å². The highest BCUT2D eigenvalue weighted by Crippen LogP contribution is 2.57. The van der Waals surface area contributed by atoms with Crippen LogP contribution in [0.4, 0.5) is 0 Å². The van der Waals surface area contributed by atoms with E-state index in [-0.39, 0.29) is 10.3 Å². The second kappa shape index (κ2) is 7.06. The maximum absolute atomic E-state index is 11.3. The van der Waals surface area contributed by atoms with Gasteiger partial charge in [0.05, 0.1) is 12.7 Å². The largest absolute Gasteiger partial charge is 0.481 e. The summed E-state index contributed by atoms with van der Waals surface area (Å²) in [4.78, 5) is 39.7. The third-order valence-corrected chi connectivity index (χ3v) is 5.34. The van der Waals surface area contributed by atoms with E-state index < -0.39 is 34.6 Å². The predicted octanol–water partition coefficient (Wildman–Crippen LogP) is 0.810. The summed E-state index contributed by atoms with van der Waals surface area (Å²) in [5, 5.41) is 0. The molecule has 14 heteroatoms. The molecule has 1 aromatic rings. The fourth-order valence-corrected chi connectivity index (χ4v) is 3.90.